The minimum absolute atomic E-state index is 0.0533. The molecule has 0 bridgehead atoms. The van der Waals surface area contributed by atoms with Gasteiger partial charge in [-0.25, -0.2) is 4.39 Å². The number of aromatic amines is 1. The molecule has 0 radical (unpaired) electrons. The van der Waals surface area contributed by atoms with Crippen LogP contribution in [0.4, 0.5) is 4.39 Å². The number of H-pyrrole nitrogens is 1. The highest BCUT2D eigenvalue weighted by Crippen LogP contribution is 2.26. The molecule has 0 aliphatic heterocycles. The van der Waals surface area contributed by atoms with E-state index in [0.29, 0.717) is 47.2 Å². The number of ether oxygens (including phenoxy) is 2. The predicted molar refractivity (Wildman–Crippen MR) is 172 cm³/mol. The predicted octanol–water partition coefficient (Wildman–Crippen LogP) is 6.75. The van der Waals surface area contributed by atoms with Crippen LogP contribution in [0.3, 0.4) is 0 Å². The number of aliphatic hydroxyl groups excluding tert-OH is 1. The number of unbranched alkanes of at least 4 members (excludes halogenated alkanes) is 4. The second-order valence-corrected chi connectivity index (χ2v) is 11.1. The average Bonchev–Trinajstić information content (AvgIpc) is 3.53. The van der Waals surface area contributed by atoms with E-state index in [-0.39, 0.29) is 37.0 Å². The lowest BCUT2D eigenvalue weighted by Crippen LogP contribution is -2.24. The van der Waals surface area contributed by atoms with Gasteiger partial charge < -0.3 is 24.9 Å². The number of hydrogen-bond acceptors (Lipinski definition) is 6. The van der Waals surface area contributed by atoms with Crippen LogP contribution in [-0.4, -0.2) is 53.1 Å². The van der Waals surface area contributed by atoms with E-state index in [1.807, 2.05) is 19.1 Å². The summed E-state index contributed by atoms with van der Waals surface area (Å²) in [6.45, 7) is 4.15. The Kier molecular flexibility index (Phi) is 13.3. The molecule has 4 rings (SSSR count). The van der Waals surface area contributed by atoms with E-state index in [1.165, 1.54) is 6.07 Å². The summed E-state index contributed by atoms with van der Waals surface area (Å²) in [5, 5.41) is 11.7. The maximum absolute atomic E-state index is 14.0. The quantitative estimate of drug-likeness (QED) is 0.101. The second-order valence-electron chi connectivity index (χ2n) is 11.1. The summed E-state index contributed by atoms with van der Waals surface area (Å²) in [4.78, 5) is 32.7. The first-order chi connectivity index (χ1) is 21.9. The molecule has 0 fully saturated rings. The fourth-order valence-electron chi connectivity index (χ4n) is 4.85. The zero-order valence-corrected chi connectivity index (χ0v) is 25.8. The van der Waals surface area contributed by atoms with Gasteiger partial charge in [0, 0.05) is 57.7 Å². The molecule has 0 spiro atoms. The number of pyridine rings is 1. The SMILES string of the molecule is Cc1ccc(F)c(CC(=O)Cc2ccc(Oc3ccnc(-c4cc(C(=O)NCCCCCOCCCCCO)c[nH]4)c3)cc2)c1. The van der Waals surface area contributed by atoms with Crippen LogP contribution >= 0.6 is 0 Å². The number of hydrogen-bond donors (Lipinski definition) is 3. The Labute approximate surface area is 264 Å². The molecule has 0 atom stereocenters. The van der Waals surface area contributed by atoms with Crippen molar-refractivity contribution in [2.24, 2.45) is 0 Å². The molecule has 238 valence electrons. The van der Waals surface area contributed by atoms with Gasteiger partial charge in [0.2, 0.25) is 0 Å². The zero-order valence-electron chi connectivity index (χ0n) is 25.8. The Morgan fingerprint density at radius 1 is 0.889 bits per heavy atom. The van der Waals surface area contributed by atoms with Crippen molar-refractivity contribution in [3.8, 4) is 22.9 Å². The Bertz CT molecular complexity index is 1520. The lowest BCUT2D eigenvalue weighted by Gasteiger charge is -2.08. The molecule has 45 heavy (non-hydrogen) atoms. The Morgan fingerprint density at radius 3 is 2.44 bits per heavy atom. The number of ketones is 1. The normalized spacial score (nSPS) is 11.0. The third kappa shape index (κ3) is 11.3. The van der Waals surface area contributed by atoms with Crippen LogP contribution in [0, 0.1) is 12.7 Å². The molecule has 2 aromatic heterocycles. The van der Waals surface area contributed by atoms with Crippen LogP contribution in [0.5, 0.6) is 11.5 Å². The molecule has 0 unspecified atom stereocenters. The van der Waals surface area contributed by atoms with E-state index >= 15 is 0 Å². The van der Waals surface area contributed by atoms with Crippen LogP contribution in [0.25, 0.3) is 11.4 Å². The number of aryl methyl sites for hydroxylation is 1. The highest BCUT2D eigenvalue weighted by molar-refractivity contribution is 5.95. The molecule has 0 aliphatic carbocycles. The molecule has 9 heteroatoms. The lowest BCUT2D eigenvalue weighted by atomic mass is 10.0. The first-order valence-electron chi connectivity index (χ1n) is 15.6. The maximum atomic E-state index is 14.0. The Morgan fingerprint density at radius 2 is 1.67 bits per heavy atom. The van der Waals surface area contributed by atoms with Gasteiger partial charge >= 0.3 is 0 Å². The monoisotopic (exact) mass is 615 g/mol. The van der Waals surface area contributed by atoms with Crippen LogP contribution in [0.15, 0.2) is 73.1 Å². The van der Waals surface area contributed by atoms with Gasteiger partial charge in [0.05, 0.1) is 17.0 Å². The van der Waals surface area contributed by atoms with Crippen molar-refractivity contribution in [3.05, 3.63) is 101 Å². The van der Waals surface area contributed by atoms with Crippen molar-refractivity contribution < 1.29 is 28.6 Å². The van der Waals surface area contributed by atoms with Gasteiger partial charge in [-0.2, -0.15) is 0 Å². The smallest absolute Gasteiger partial charge is 0.252 e. The van der Waals surface area contributed by atoms with Crippen molar-refractivity contribution in [1.29, 1.82) is 0 Å². The van der Waals surface area contributed by atoms with E-state index in [1.54, 1.807) is 54.9 Å². The fourth-order valence-corrected chi connectivity index (χ4v) is 4.85. The first kappa shape index (κ1) is 33.6. The van der Waals surface area contributed by atoms with Crippen molar-refractivity contribution >= 4 is 11.7 Å². The van der Waals surface area contributed by atoms with Gasteiger partial charge in [-0.05, 0) is 86.9 Å². The minimum Gasteiger partial charge on any atom is -0.457 e. The third-order valence-corrected chi connectivity index (χ3v) is 7.30. The van der Waals surface area contributed by atoms with Gasteiger partial charge in [-0.15, -0.1) is 0 Å². The highest BCUT2D eigenvalue weighted by atomic mass is 19.1. The Hall–Kier alpha value is -4.34. The molecule has 2 heterocycles. The highest BCUT2D eigenvalue weighted by Gasteiger charge is 2.12. The standard InChI is InChI=1S/C36H42FN3O5/c1-26-8-13-33(37)28(20-26)22-30(42)21-27-9-11-31(12-10-27)45-32-14-16-38-35(24-32)34-23-29(25-40-34)36(43)39-15-4-2-6-18-44-19-7-3-5-17-41/h8-14,16,20,23-25,40-41H,2-7,15,17-19,21-22H2,1H3,(H,39,43). The fraction of sp³-hybridized carbons (Fsp3) is 0.361. The van der Waals surface area contributed by atoms with Gasteiger partial charge in [0.15, 0.2) is 0 Å². The molecule has 0 aliphatic rings. The van der Waals surface area contributed by atoms with E-state index in [0.717, 1.165) is 56.3 Å². The molecule has 2 aromatic carbocycles. The number of amides is 1. The van der Waals surface area contributed by atoms with Gasteiger partial charge in [0.1, 0.15) is 23.1 Å². The average molecular weight is 616 g/mol. The number of rotatable bonds is 19. The summed E-state index contributed by atoms with van der Waals surface area (Å²) in [6, 6.07) is 17.3. The van der Waals surface area contributed by atoms with Gasteiger partial charge in [-0.3, -0.25) is 14.6 Å². The minimum atomic E-state index is -0.362. The van der Waals surface area contributed by atoms with E-state index in [4.69, 9.17) is 14.6 Å². The lowest BCUT2D eigenvalue weighted by molar-refractivity contribution is -0.117. The van der Waals surface area contributed by atoms with E-state index < -0.39 is 0 Å². The second kappa shape index (κ2) is 17.8. The summed E-state index contributed by atoms with van der Waals surface area (Å²) in [7, 11) is 0. The molecular formula is C36H42FN3O5. The summed E-state index contributed by atoms with van der Waals surface area (Å²) < 4.78 is 25.6. The van der Waals surface area contributed by atoms with Crippen molar-refractivity contribution in [3.63, 3.8) is 0 Å². The van der Waals surface area contributed by atoms with E-state index in [2.05, 4.69) is 15.3 Å². The summed E-state index contributed by atoms with van der Waals surface area (Å²) >= 11 is 0. The van der Waals surface area contributed by atoms with Gasteiger partial charge in [0.25, 0.3) is 5.91 Å². The van der Waals surface area contributed by atoms with E-state index in [9.17, 15) is 14.0 Å². The number of carbonyl (C=O) groups excluding carboxylic acids is 2. The van der Waals surface area contributed by atoms with Crippen LogP contribution < -0.4 is 10.1 Å². The topological polar surface area (TPSA) is 114 Å². The maximum Gasteiger partial charge on any atom is 0.252 e. The number of aromatic nitrogens is 2. The third-order valence-electron chi connectivity index (χ3n) is 7.30. The molecule has 4 aromatic rings. The van der Waals surface area contributed by atoms with Crippen LogP contribution in [0.2, 0.25) is 0 Å². The van der Waals surface area contributed by atoms with Crippen molar-refractivity contribution in [2.75, 3.05) is 26.4 Å². The summed E-state index contributed by atoms with van der Waals surface area (Å²) in [5.41, 5.74) is 4.01. The molecule has 0 saturated heterocycles. The summed E-state index contributed by atoms with van der Waals surface area (Å²) in [6.07, 6.45) is 9.16. The van der Waals surface area contributed by atoms with Crippen LogP contribution in [0.1, 0.15) is 65.6 Å². The number of nitrogens with one attached hydrogen (secondary N) is 2. The molecule has 8 nitrogen and oxygen atoms in total. The number of halogens is 1. The molecule has 1 amide bonds. The summed E-state index contributed by atoms with van der Waals surface area (Å²) in [5.74, 6) is 0.610. The first-order valence-corrected chi connectivity index (χ1v) is 15.6. The largest absolute Gasteiger partial charge is 0.457 e. The number of benzene rings is 2. The number of nitrogens with zero attached hydrogens (tertiary/aromatic N) is 1. The van der Waals surface area contributed by atoms with Crippen molar-refractivity contribution in [1.82, 2.24) is 15.3 Å². The molecule has 0 saturated carbocycles. The van der Waals surface area contributed by atoms with Crippen LogP contribution in [-0.2, 0) is 22.4 Å². The number of aliphatic hydroxyl groups is 1. The number of carbonyl (C=O) groups is 2. The Balaban J connectivity index is 1.20. The molecular weight excluding hydrogens is 573 g/mol. The molecule has 3 N–H and O–H groups in total. The van der Waals surface area contributed by atoms with Gasteiger partial charge in [-0.1, -0.05) is 29.8 Å². The zero-order chi connectivity index (χ0) is 31.9. The van der Waals surface area contributed by atoms with Crippen molar-refractivity contribution in [2.45, 2.75) is 58.3 Å². The number of Topliss-reactive ketones (excluding diaryl/α,β-unsaturated/α-hetero) is 1.